The Balaban J connectivity index is 1.77. The highest BCUT2D eigenvalue weighted by molar-refractivity contribution is 5.53. The van der Waals surface area contributed by atoms with Crippen molar-refractivity contribution in [2.24, 2.45) is 0 Å². The fraction of sp³-hybridized carbons (Fsp3) is 0.429. The van der Waals surface area contributed by atoms with Crippen LogP contribution in [0, 0.1) is 0 Å². The summed E-state index contributed by atoms with van der Waals surface area (Å²) < 4.78 is 5.55. The first-order chi connectivity index (χ1) is 13.0. The number of benzene rings is 2. The van der Waals surface area contributed by atoms with Crippen LogP contribution in [0.5, 0.6) is 0 Å². The lowest BCUT2D eigenvalue weighted by atomic mass is 9.97. The highest BCUT2D eigenvalue weighted by atomic mass is 16.6. The molecule has 2 aromatic carbocycles. The van der Waals surface area contributed by atoms with Crippen LogP contribution in [0.4, 0.5) is 5.69 Å². The van der Waals surface area contributed by atoms with Crippen LogP contribution in [0.2, 0.25) is 0 Å². The largest absolute Gasteiger partial charge is 0.394 e. The van der Waals surface area contributed by atoms with Gasteiger partial charge in [0, 0.05) is 5.69 Å². The molecule has 1 unspecified atom stereocenters. The zero-order chi connectivity index (χ0) is 19.4. The number of hydrogen-bond acceptors (Lipinski definition) is 6. The Kier molecular flexibility index (Phi) is 6.46. The smallest absolute Gasteiger partial charge is 0.157 e. The van der Waals surface area contributed by atoms with E-state index in [4.69, 9.17) is 4.74 Å². The van der Waals surface area contributed by atoms with Gasteiger partial charge in [-0.05, 0) is 35.6 Å². The third kappa shape index (κ3) is 4.48. The molecule has 1 saturated heterocycles. The van der Waals surface area contributed by atoms with Crippen LogP contribution in [0.25, 0.3) is 0 Å². The van der Waals surface area contributed by atoms with Crippen molar-refractivity contribution in [3.63, 3.8) is 0 Å². The highest BCUT2D eigenvalue weighted by Gasteiger charge is 2.43. The Morgan fingerprint density at radius 1 is 0.889 bits per heavy atom. The van der Waals surface area contributed by atoms with Crippen molar-refractivity contribution in [1.29, 1.82) is 0 Å². The van der Waals surface area contributed by atoms with Crippen LogP contribution < -0.4 is 5.32 Å². The van der Waals surface area contributed by atoms with E-state index in [0.717, 1.165) is 23.2 Å². The molecule has 146 valence electrons. The van der Waals surface area contributed by atoms with E-state index in [1.165, 1.54) is 5.56 Å². The summed E-state index contributed by atoms with van der Waals surface area (Å²) in [5.74, 6) is 0. The molecule has 3 rings (SSSR count). The van der Waals surface area contributed by atoms with Crippen LogP contribution in [0.1, 0.15) is 23.6 Å². The first-order valence-electron chi connectivity index (χ1n) is 9.26. The molecule has 1 fully saturated rings. The number of aryl methyl sites for hydroxylation is 1. The normalized spacial score (nSPS) is 28.1. The number of ether oxygens (including phenoxy) is 1. The molecule has 6 heteroatoms. The lowest BCUT2D eigenvalue weighted by Gasteiger charge is -2.40. The number of rotatable bonds is 6. The van der Waals surface area contributed by atoms with Gasteiger partial charge in [0.05, 0.1) is 6.61 Å². The van der Waals surface area contributed by atoms with E-state index in [1.54, 1.807) is 0 Å². The van der Waals surface area contributed by atoms with Crippen LogP contribution in [-0.4, -0.2) is 57.7 Å². The molecule has 0 saturated carbocycles. The van der Waals surface area contributed by atoms with Crippen molar-refractivity contribution in [1.82, 2.24) is 0 Å². The van der Waals surface area contributed by atoms with Gasteiger partial charge in [-0.3, -0.25) is 0 Å². The molecular formula is C21H27NO5. The predicted molar refractivity (Wildman–Crippen MR) is 102 cm³/mol. The van der Waals surface area contributed by atoms with Gasteiger partial charge in [0.2, 0.25) is 0 Å². The van der Waals surface area contributed by atoms with Crippen LogP contribution >= 0.6 is 0 Å². The van der Waals surface area contributed by atoms with Crippen LogP contribution in [-0.2, 0) is 17.6 Å². The second-order valence-corrected chi connectivity index (χ2v) is 6.90. The van der Waals surface area contributed by atoms with Crippen molar-refractivity contribution in [2.45, 2.75) is 50.4 Å². The van der Waals surface area contributed by atoms with Gasteiger partial charge in [0.1, 0.15) is 24.4 Å². The number of aliphatic hydroxyl groups excluding tert-OH is 4. The van der Waals surface area contributed by atoms with Gasteiger partial charge in [-0.2, -0.15) is 0 Å². The van der Waals surface area contributed by atoms with E-state index in [0.29, 0.717) is 6.42 Å². The molecule has 1 aliphatic rings. The maximum absolute atomic E-state index is 10.2. The SMILES string of the molecule is CCc1ccc(Cc2ccccc2N[C@@H]2OC(CO)[C@@H](O)[C@H](O)[C@H]2O)cc1. The monoisotopic (exact) mass is 373 g/mol. The van der Waals surface area contributed by atoms with Crippen molar-refractivity contribution < 1.29 is 25.2 Å². The third-order valence-corrected chi connectivity index (χ3v) is 5.03. The predicted octanol–water partition coefficient (Wildman–Crippen LogP) is 1.05. The second-order valence-electron chi connectivity index (χ2n) is 6.90. The minimum atomic E-state index is -1.40. The van der Waals surface area contributed by atoms with Crippen molar-refractivity contribution >= 4 is 5.69 Å². The maximum Gasteiger partial charge on any atom is 0.157 e. The Bertz CT molecular complexity index is 734. The molecule has 5 N–H and O–H groups in total. The molecule has 1 aliphatic heterocycles. The summed E-state index contributed by atoms with van der Waals surface area (Å²) in [6.07, 6.45) is -4.27. The van der Waals surface area contributed by atoms with Crippen LogP contribution in [0.3, 0.4) is 0 Å². The standard InChI is InChI=1S/C21H27NO5/c1-2-13-7-9-14(10-8-13)11-15-5-3-4-6-16(15)22-21-20(26)19(25)18(24)17(12-23)27-21/h3-10,17-26H,2,11-12H2,1H3/t17?,18-,19+,20-,21-/m1/s1. The summed E-state index contributed by atoms with van der Waals surface area (Å²) in [6, 6.07) is 16.1. The summed E-state index contributed by atoms with van der Waals surface area (Å²) in [5, 5.41) is 42.6. The molecule has 0 aromatic heterocycles. The molecule has 0 spiro atoms. The number of nitrogens with one attached hydrogen (secondary N) is 1. The van der Waals surface area contributed by atoms with Crippen molar-refractivity contribution in [2.75, 3.05) is 11.9 Å². The van der Waals surface area contributed by atoms with Gasteiger partial charge >= 0.3 is 0 Å². The zero-order valence-electron chi connectivity index (χ0n) is 15.3. The van der Waals surface area contributed by atoms with E-state index in [1.807, 2.05) is 24.3 Å². The first-order valence-corrected chi connectivity index (χ1v) is 9.26. The quantitative estimate of drug-likeness (QED) is 0.519. The van der Waals surface area contributed by atoms with Gasteiger partial charge < -0.3 is 30.5 Å². The molecule has 6 nitrogen and oxygen atoms in total. The number of anilines is 1. The zero-order valence-corrected chi connectivity index (χ0v) is 15.3. The van der Waals surface area contributed by atoms with Gasteiger partial charge in [-0.1, -0.05) is 49.4 Å². The molecule has 27 heavy (non-hydrogen) atoms. The summed E-state index contributed by atoms with van der Waals surface area (Å²) >= 11 is 0. The Morgan fingerprint density at radius 3 is 2.22 bits per heavy atom. The van der Waals surface area contributed by atoms with E-state index in [-0.39, 0.29) is 0 Å². The Hall–Kier alpha value is -1.96. The second kappa shape index (κ2) is 8.82. The summed E-state index contributed by atoms with van der Waals surface area (Å²) in [5.41, 5.74) is 4.22. The molecular weight excluding hydrogens is 346 g/mol. The van der Waals surface area contributed by atoms with Crippen LogP contribution in [0.15, 0.2) is 48.5 Å². The third-order valence-electron chi connectivity index (χ3n) is 5.03. The number of para-hydroxylation sites is 1. The summed E-state index contributed by atoms with van der Waals surface area (Å²) in [4.78, 5) is 0. The van der Waals surface area contributed by atoms with E-state index in [2.05, 4.69) is 36.5 Å². The maximum atomic E-state index is 10.2. The van der Waals surface area contributed by atoms with Crippen molar-refractivity contribution in [3.8, 4) is 0 Å². The average molecular weight is 373 g/mol. The topological polar surface area (TPSA) is 102 Å². The molecule has 5 atom stereocenters. The molecule has 0 aliphatic carbocycles. The molecule has 0 bridgehead atoms. The lowest BCUT2D eigenvalue weighted by Crippen LogP contribution is -2.60. The van der Waals surface area contributed by atoms with E-state index >= 15 is 0 Å². The van der Waals surface area contributed by atoms with E-state index in [9.17, 15) is 20.4 Å². The summed E-state index contributed by atoms with van der Waals surface area (Å²) in [6.45, 7) is 1.67. The summed E-state index contributed by atoms with van der Waals surface area (Å²) in [7, 11) is 0. The van der Waals surface area contributed by atoms with Gasteiger partial charge in [-0.25, -0.2) is 0 Å². The highest BCUT2D eigenvalue weighted by Crippen LogP contribution is 2.26. The molecule has 1 heterocycles. The van der Waals surface area contributed by atoms with E-state index < -0.39 is 37.3 Å². The van der Waals surface area contributed by atoms with Gasteiger partial charge in [0.15, 0.2) is 6.23 Å². The lowest BCUT2D eigenvalue weighted by molar-refractivity contribution is -0.221. The number of hydrogen-bond donors (Lipinski definition) is 5. The average Bonchev–Trinajstić information content (AvgIpc) is 2.70. The van der Waals surface area contributed by atoms with Crippen molar-refractivity contribution in [3.05, 3.63) is 65.2 Å². The van der Waals surface area contributed by atoms with Gasteiger partial charge in [-0.15, -0.1) is 0 Å². The molecule has 0 radical (unpaired) electrons. The fourth-order valence-corrected chi connectivity index (χ4v) is 3.30. The number of aliphatic hydroxyl groups is 4. The van der Waals surface area contributed by atoms with Gasteiger partial charge in [0.25, 0.3) is 0 Å². The minimum absolute atomic E-state index is 0.450. The fourth-order valence-electron chi connectivity index (χ4n) is 3.30. The molecule has 0 amide bonds. The minimum Gasteiger partial charge on any atom is -0.394 e. The molecule has 2 aromatic rings. The Morgan fingerprint density at radius 2 is 1.56 bits per heavy atom. The Labute approximate surface area is 159 Å². The first kappa shape index (κ1) is 19.8.